The van der Waals surface area contributed by atoms with Crippen molar-refractivity contribution in [2.24, 2.45) is 0 Å². The maximum absolute atomic E-state index is 12.7. The molecule has 0 atom stereocenters. The number of carbonyl (C=O) groups excluding carboxylic acids is 1. The predicted molar refractivity (Wildman–Crippen MR) is 69.3 cm³/mol. The summed E-state index contributed by atoms with van der Waals surface area (Å²) in [5.41, 5.74) is -1.33. The summed E-state index contributed by atoms with van der Waals surface area (Å²) in [5, 5.41) is 2.68. The van der Waals surface area contributed by atoms with Crippen LogP contribution >= 0.6 is 27.5 Å². The van der Waals surface area contributed by atoms with E-state index in [0.29, 0.717) is 0 Å². The molecular weight excluding hydrogens is 346 g/mol. The van der Waals surface area contributed by atoms with Gasteiger partial charge in [0.2, 0.25) is 0 Å². The van der Waals surface area contributed by atoms with E-state index in [1.54, 1.807) is 0 Å². The van der Waals surface area contributed by atoms with E-state index >= 15 is 0 Å². The van der Waals surface area contributed by atoms with Crippen molar-refractivity contribution >= 4 is 33.4 Å². The molecular formula is C12H10BrClF3NO. The Kier molecular flexibility index (Phi) is 3.84. The lowest BCUT2D eigenvalue weighted by Gasteiger charge is -2.15. The minimum atomic E-state index is -4.50. The zero-order valence-electron chi connectivity index (χ0n) is 9.65. The number of halogens is 5. The van der Waals surface area contributed by atoms with Crippen molar-refractivity contribution in [3.05, 3.63) is 33.8 Å². The molecule has 1 saturated carbocycles. The molecule has 2 nitrogen and oxygen atoms in total. The number of alkyl halides is 4. The lowest BCUT2D eigenvalue weighted by molar-refractivity contribution is -0.138. The quantitative estimate of drug-likeness (QED) is 0.816. The van der Waals surface area contributed by atoms with Gasteiger partial charge in [0.1, 0.15) is 0 Å². The molecule has 0 spiro atoms. The molecule has 0 unspecified atom stereocenters. The van der Waals surface area contributed by atoms with E-state index in [1.165, 1.54) is 12.1 Å². The van der Waals surface area contributed by atoms with Crippen LogP contribution in [0.5, 0.6) is 0 Å². The second-order valence-electron chi connectivity index (χ2n) is 4.56. The summed E-state index contributed by atoms with van der Waals surface area (Å²) in [5.74, 6) is -0.266. The average molecular weight is 357 g/mol. The molecule has 0 aromatic heterocycles. The summed E-state index contributed by atoms with van der Waals surface area (Å²) in [4.78, 5) is 11.9. The van der Waals surface area contributed by atoms with Gasteiger partial charge in [-0.3, -0.25) is 4.79 Å². The first-order valence-corrected chi connectivity index (χ1v) is 6.85. The van der Waals surface area contributed by atoms with E-state index in [1.807, 2.05) is 0 Å². The zero-order chi connectivity index (χ0) is 14.3. The minimum absolute atomic E-state index is 0.0214. The highest BCUT2D eigenvalue weighted by molar-refractivity contribution is 9.10. The number of rotatable bonds is 3. The van der Waals surface area contributed by atoms with Crippen LogP contribution in [-0.2, 0) is 6.18 Å². The van der Waals surface area contributed by atoms with E-state index in [4.69, 9.17) is 11.6 Å². The maximum Gasteiger partial charge on any atom is 0.417 e. The fraction of sp³-hybridized carbons (Fsp3) is 0.417. The SMILES string of the molecule is O=C(NC1(CCl)CC1)c1ccc(Br)c(C(F)(F)F)c1. The van der Waals surface area contributed by atoms with Gasteiger partial charge in [0, 0.05) is 15.9 Å². The van der Waals surface area contributed by atoms with Crippen LogP contribution in [0.2, 0.25) is 0 Å². The minimum Gasteiger partial charge on any atom is -0.345 e. The molecule has 1 N–H and O–H groups in total. The molecule has 19 heavy (non-hydrogen) atoms. The second kappa shape index (κ2) is 4.98. The molecule has 104 valence electrons. The molecule has 0 aliphatic heterocycles. The largest absolute Gasteiger partial charge is 0.417 e. The lowest BCUT2D eigenvalue weighted by atomic mass is 10.1. The van der Waals surface area contributed by atoms with Gasteiger partial charge in [-0.15, -0.1) is 11.6 Å². The van der Waals surface area contributed by atoms with Crippen LogP contribution in [0.15, 0.2) is 22.7 Å². The van der Waals surface area contributed by atoms with Crippen molar-refractivity contribution in [3.63, 3.8) is 0 Å². The van der Waals surface area contributed by atoms with Crippen LogP contribution in [0.3, 0.4) is 0 Å². The van der Waals surface area contributed by atoms with Gasteiger partial charge < -0.3 is 5.32 Å². The Balaban J connectivity index is 2.24. The Hall–Kier alpha value is -0.750. The third-order valence-electron chi connectivity index (χ3n) is 3.02. The molecule has 0 heterocycles. The Bertz CT molecular complexity index is 514. The standard InChI is InChI=1S/C12H10BrClF3NO/c13-9-2-1-7(5-8(9)12(15,16)17)10(19)18-11(6-14)3-4-11/h1-2,5H,3-4,6H2,(H,18,19). The molecule has 0 saturated heterocycles. The highest BCUT2D eigenvalue weighted by Gasteiger charge is 2.43. The van der Waals surface area contributed by atoms with Gasteiger partial charge in [0.15, 0.2) is 0 Å². The van der Waals surface area contributed by atoms with Crippen molar-refractivity contribution < 1.29 is 18.0 Å². The van der Waals surface area contributed by atoms with Crippen LogP contribution in [0, 0.1) is 0 Å². The van der Waals surface area contributed by atoms with Gasteiger partial charge >= 0.3 is 6.18 Å². The van der Waals surface area contributed by atoms with E-state index in [-0.39, 0.29) is 15.9 Å². The maximum atomic E-state index is 12.7. The molecule has 1 aromatic carbocycles. The van der Waals surface area contributed by atoms with Gasteiger partial charge in [0.05, 0.1) is 11.1 Å². The van der Waals surface area contributed by atoms with E-state index in [9.17, 15) is 18.0 Å². The number of carbonyl (C=O) groups is 1. The van der Waals surface area contributed by atoms with Crippen molar-refractivity contribution in [2.45, 2.75) is 24.6 Å². The van der Waals surface area contributed by atoms with Crippen LogP contribution in [0.4, 0.5) is 13.2 Å². The fourth-order valence-corrected chi connectivity index (χ4v) is 2.45. The third kappa shape index (κ3) is 3.23. The molecule has 7 heteroatoms. The summed E-state index contributed by atoms with van der Waals surface area (Å²) >= 11 is 8.54. The number of amides is 1. The van der Waals surface area contributed by atoms with Gasteiger partial charge in [0.25, 0.3) is 5.91 Å². The molecule has 1 fully saturated rings. The van der Waals surface area contributed by atoms with Crippen molar-refractivity contribution in [2.75, 3.05) is 5.88 Å². The normalized spacial score (nSPS) is 17.1. The van der Waals surface area contributed by atoms with E-state index in [2.05, 4.69) is 21.2 Å². The highest BCUT2D eigenvalue weighted by Crippen LogP contribution is 2.38. The fourth-order valence-electron chi connectivity index (χ4n) is 1.64. The molecule has 2 rings (SSSR count). The molecule has 0 radical (unpaired) electrons. The highest BCUT2D eigenvalue weighted by atomic mass is 79.9. The lowest BCUT2D eigenvalue weighted by Crippen LogP contribution is -2.38. The van der Waals surface area contributed by atoms with Crippen molar-refractivity contribution in [3.8, 4) is 0 Å². The molecule has 1 amide bonds. The first-order valence-electron chi connectivity index (χ1n) is 5.53. The Morgan fingerprint density at radius 1 is 1.42 bits per heavy atom. The number of nitrogens with one attached hydrogen (secondary N) is 1. The van der Waals surface area contributed by atoms with Crippen LogP contribution < -0.4 is 5.32 Å². The smallest absolute Gasteiger partial charge is 0.345 e. The topological polar surface area (TPSA) is 29.1 Å². The Morgan fingerprint density at radius 3 is 2.53 bits per heavy atom. The van der Waals surface area contributed by atoms with Gasteiger partial charge in [-0.05, 0) is 31.0 Å². The van der Waals surface area contributed by atoms with Crippen LogP contribution in [0.25, 0.3) is 0 Å². The Morgan fingerprint density at radius 2 is 2.05 bits per heavy atom. The number of benzene rings is 1. The summed E-state index contributed by atoms with van der Waals surface area (Å²) in [6.45, 7) is 0. The second-order valence-corrected chi connectivity index (χ2v) is 5.68. The van der Waals surface area contributed by atoms with Crippen LogP contribution in [-0.4, -0.2) is 17.3 Å². The first kappa shape index (κ1) is 14.7. The van der Waals surface area contributed by atoms with Crippen LogP contribution in [0.1, 0.15) is 28.8 Å². The molecule has 1 aliphatic carbocycles. The Labute approximate surface area is 121 Å². The summed E-state index contributed by atoms with van der Waals surface area (Å²) in [7, 11) is 0. The number of hydrogen-bond acceptors (Lipinski definition) is 1. The molecule has 1 aromatic rings. The van der Waals surface area contributed by atoms with E-state index < -0.39 is 23.2 Å². The molecule has 0 bridgehead atoms. The molecule has 1 aliphatic rings. The average Bonchev–Trinajstić information content (AvgIpc) is 3.08. The zero-order valence-corrected chi connectivity index (χ0v) is 12.0. The third-order valence-corrected chi connectivity index (χ3v) is 4.23. The van der Waals surface area contributed by atoms with Gasteiger partial charge in [-0.25, -0.2) is 0 Å². The van der Waals surface area contributed by atoms with Crippen molar-refractivity contribution in [1.82, 2.24) is 5.32 Å². The van der Waals surface area contributed by atoms with Crippen molar-refractivity contribution in [1.29, 1.82) is 0 Å². The summed E-state index contributed by atoms with van der Waals surface area (Å²) in [6.07, 6.45) is -2.99. The monoisotopic (exact) mass is 355 g/mol. The summed E-state index contributed by atoms with van der Waals surface area (Å²) < 4.78 is 38.1. The summed E-state index contributed by atoms with van der Waals surface area (Å²) in [6, 6.07) is 3.40. The van der Waals surface area contributed by atoms with Gasteiger partial charge in [-0.1, -0.05) is 15.9 Å². The number of hydrogen-bond donors (Lipinski definition) is 1. The first-order chi connectivity index (χ1) is 8.77. The predicted octanol–water partition coefficient (Wildman–Crippen LogP) is 3.97. The van der Waals surface area contributed by atoms with Gasteiger partial charge in [-0.2, -0.15) is 13.2 Å². The van der Waals surface area contributed by atoms with E-state index in [0.717, 1.165) is 18.9 Å².